The summed E-state index contributed by atoms with van der Waals surface area (Å²) >= 11 is 0. The van der Waals surface area contributed by atoms with Crippen molar-refractivity contribution < 1.29 is 17.9 Å². The number of benzene rings is 2. The lowest BCUT2D eigenvalue weighted by Gasteiger charge is -2.14. The topological polar surface area (TPSA) is 90.6 Å². The lowest BCUT2D eigenvalue weighted by molar-refractivity contribution is -0.140. The molecule has 0 amide bonds. The summed E-state index contributed by atoms with van der Waals surface area (Å²) < 4.78 is 47.4. The molecule has 3 aromatic heterocycles. The van der Waals surface area contributed by atoms with Gasteiger partial charge in [-0.3, -0.25) is 4.57 Å². The van der Waals surface area contributed by atoms with Gasteiger partial charge in [-0.05, 0) is 18.1 Å². The van der Waals surface area contributed by atoms with Gasteiger partial charge < -0.3 is 14.3 Å². The van der Waals surface area contributed by atoms with Gasteiger partial charge >= 0.3 is 11.9 Å². The maximum Gasteiger partial charge on any atom is 0.434 e. The zero-order chi connectivity index (χ0) is 26.3. The van der Waals surface area contributed by atoms with Gasteiger partial charge in [-0.2, -0.15) is 13.2 Å². The summed E-state index contributed by atoms with van der Waals surface area (Å²) in [6, 6.07) is 14.5. The van der Waals surface area contributed by atoms with Crippen LogP contribution in [-0.4, -0.2) is 36.2 Å². The number of aromatic nitrogens is 6. The van der Waals surface area contributed by atoms with Crippen molar-refractivity contribution in [2.24, 2.45) is 7.05 Å². The smallest absolute Gasteiger partial charge is 0.377 e. The third kappa shape index (κ3) is 4.65. The number of halogens is 3. The molecule has 3 heterocycles. The zero-order valence-electron chi connectivity index (χ0n) is 20.2. The Kier molecular flexibility index (Phi) is 6.16. The molecule has 0 aliphatic heterocycles. The normalized spacial score (nSPS) is 12.8. The molecule has 2 aromatic carbocycles. The average molecular weight is 509 g/mol. The van der Waals surface area contributed by atoms with E-state index in [4.69, 9.17) is 4.74 Å². The number of fused-ring (bicyclic) bond motifs is 1. The molecule has 37 heavy (non-hydrogen) atoms. The summed E-state index contributed by atoms with van der Waals surface area (Å²) in [6.45, 7) is 2.14. The van der Waals surface area contributed by atoms with E-state index in [1.807, 2.05) is 31.2 Å². The van der Waals surface area contributed by atoms with E-state index in [1.165, 1.54) is 16.2 Å². The first-order valence-corrected chi connectivity index (χ1v) is 11.4. The molecule has 1 atom stereocenters. The predicted octanol–water partition coefficient (Wildman–Crippen LogP) is 4.96. The number of nitrogens with zero attached hydrogens (tertiary/aromatic N) is 5. The first-order chi connectivity index (χ1) is 17.7. The van der Waals surface area contributed by atoms with Crippen molar-refractivity contribution in [3.8, 4) is 22.8 Å². The van der Waals surface area contributed by atoms with Crippen molar-refractivity contribution in [1.82, 2.24) is 29.1 Å². The maximum absolute atomic E-state index is 13.0. The van der Waals surface area contributed by atoms with Crippen LogP contribution in [0.15, 0.2) is 65.7 Å². The van der Waals surface area contributed by atoms with Gasteiger partial charge in [0.1, 0.15) is 11.3 Å². The van der Waals surface area contributed by atoms with E-state index in [0.717, 1.165) is 22.9 Å². The van der Waals surface area contributed by atoms with Crippen molar-refractivity contribution in [3.63, 3.8) is 0 Å². The van der Waals surface area contributed by atoms with Gasteiger partial charge in [-0.25, -0.2) is 19.7 Å². The summed E-state index contributed by atoms with van der Waals surface area (Å²) in [5.74, 6) is 0.662. The van der Waals surface area contributed by atoms with Crippen LogP contribution in [0.3, 0.4) is 0 Å². The molecular weight excluding hydrogens is 485 g/mol. The molecule has 0 fully saturated rings. The number of aryl methyl sites for hydroxylation is 1. The first-order valence-electron chi connectivity index (χ1n) is 11.4. The number of hydrogen-bond acceptors (Lipinski definition) is 5. The Balaban J connectivity index is 1.48. The number of methoxy groups -OCH3 is 1. The van der Waals surface area contributed by atoms with Gasteiger partial charge in [0.25, 0.3) is 0 Å². The maximum atomic E-state index is 13.0. The minimum absolute atomic E-state index is 0.173. The molecule has 190 valence electrons. The Morgan fingerprint density at radius 3 is 2.49 bits per heavy atom. The van der Waals surface area contributed by atoms with Crippen LogP contribution in [0.5, 0.6) is 0 Å². The lowest BCUT2D eigenvalue weighted by atomic mass is 10.0. The second-order valence-corrected chi connectivity index (χ2v) is 8.67. The van der Waals surface area contributed by atoms with Gasteiger partial charge in [0.05, 0.1) is 18.8 Å². The zero-order valence-corrected chi connectivity index (χ0v) is 20.2. The summed E-state index contributed by atoms with van der Waals surface area (Å²) in [5.41, 5.74) is 2.67. The van der Waals surface area contributed by atoms with Crippen molar-refractivity contribution >= 4 is 11.2 Å². The molecule has 0 saturated heterocycles. The van der Waals surface area contributed by atoms with E-state index in [2.05, 4.69) is 19.9 Å². The standard InChI is InChI=1S/C26H23F3N6O2/c1-15(37-3)18-6-4-5-7-19(18)22-30-12-20-24(33-22)35(25(36)31-20)13-16-8-10-17(11-9-16)23-32-21(14-34(23)2)26(27,28)29/h4-12,14-15H,13H2,1-3H3,(H,31,36)/t15-/m1/s1. The van der Waals surface area contributed by atoms with Crippen molar-refractivity contribution in [2.45, 2.75) is 25.7 Å². The fraction of sp³-hybridized carbons (Fsp3) is 0.231. The fourth-order valence-electron chi connectivity index (χ4n) is 4.22. The number of imidazole rings is 2. The van der Waals surface area contributed by atoms with Crippen molar-refractivity contribution in [2.75, 3.05) is 7.11 Å². The largest absolute Gasteiger partial charge is 0.434 e. The van der Waals surface area contributed by atoms with Gasteiger partial charge in [0.2, 0.25) is 0 Å². The highest BCUT2D eigenvalue weighted by Crippen LogP contribution is 2.31. The number of alkyl halides is 3. The Morgan fingerprint density at radius 2 is 1.81 bits per heavy atom. The minimum atomic E-state index is -4.52. The number of nitrogens with one attached hydrogen (secondary N) is 1. The molecule has 0 saturated carbocycles. The highest BCUT2D eigenvalue weighted by molar-refractivity contribution is 5.73. The summed E-state index contributed by atoms with van der Waals surface area (Å²) in [5, 5.41) is 0. The van der Waals surface area contributed by atoms with Crippen molar-refractivity contribution in [1.29, 1.82) is 0 Å². The third-order valence-corrected chi connectivity index (χ3v) is 6.22. The second kappa shape index (κ2) is 9.32. The Bertz CT molecular complexity index is 1630. The molecule has 1 N–H and O–H groups in total. The summed E-state index contributed by atoms with van der Waals surface area (Å²) in [6.07, 6.45) is -2.16. The van der Waals surface area contributed by atoms with Crippen LogP contribution in [0.4, 0.5) is 13.2 Å². The number of ether oxygens (including phenoxy) is 1. The van der Waals surface area contributed by atoms with E-state index in [0.29, 0.717) is 22.6 Å². The molecule has 11 heteroatoms. The molecule has 0 aliphatic rings. The Morgan fingerprint density at radius 1 is 1.08 bits per heavy atom. The number of aromatic amines is 1. The summed E-state index contributed by atoms with van der Waals surface area (Å²) in [4.78, 5) is 28.4. The van der Waals surface area contributed by atoms with Crippen LogP contribution in [0.1, 0.15) is 29.8 Å². The predicted molar refractivity (Wildman–Crippen MR) is 132 cm³/mol. The van der Waals surface area contributed by atoms with Crippen LogP contribution in [0.25, 0.3) is 33.9 Å². The van der Waals surface area contributed by atoms with E-state index in [1.54, 1.807) is 37.6 Å². The molecule has 5 aromatic rings. The SMILES string of the molecule is CO[C@H](C)c1ccccc1-c1ncc2[nH]c(=O)n(Cc3ccc(-c4nc(C(F)(F)F)cn4C)cc3)c2n1. The first kappa shape index (κ1) is 24.4. The molecule has 0 aliphatic carbocycles. The van der Waals surface area contributed by atoms with E-state index in [-0.39, 0.29) is 24.2 Å². The van der Waals surface area contributed by atoms with Gasteiger partial charge in [0, 0.05) is 31.5 Å². The van der Waals surface area contributed by atoms with Gasteiger partial charge in [0.15, 0.2) is 17.2 Å². The number of hydrogen-bond donors (Lipinski definition) is 1. The molecule has 0 unspecified atom stereocenters. The highest BCUT2D eigenvalue weighted by Gasteiger charge is 2.34. The molecule has 8 nitrogen and oxygen atoms in total. The van der Waals surface area contributed by atoms with Gasteiger partial charge in [-0.15, -0.1) is 0 Å². The number of rotatable bonds is 6. The molecule has 0 spiro atoms. The van der Waals surface area contributed by atoms with Gasteiger partial charge in [-0.1, -0.05) is 48.5 Å². The van der Waals surface area contributed by atoms with Crippen molar-refractivity contribution in [3.05, 3.63) is 88.2 Å². The molecule has 0 bridgehead atoms. The highest BCUT2D eigenvalue weighted by atomic mass is 19.4. The van der Waals surface area contributed by atoms with E-state index < -0.39 is 11.9 Å². The third-order valence-electron chi connectivity index (χ3n) is 6.22. The lowest BCUT2D eigenvalue weighted by Crippen LogP contribution is -2.17. The fourth-order valence-corrected chi connectivity index (χ4v) is 4.22. The van der Waals surface area contributed by atoms with Crippen LogP contribution in [0.2, 0.25) is 0 Å². The molecular formula is C26H23F3N6O2. The quantitative estimate of drug-likeness (QED) is 0.350. The minimum Gasteiger partial charge on any atom is -0.377 e. The van der Waals surface area contributed by atoms with E-state index >= 15 is 0 Å². The molecule has 5 rings (SSSR count). The average Bonchev–Trinajstić information content (AvgIpc) is 3.43. The Labute approximate surface area is 209 Å². The summed E-state index contributed by atoms with van der Waals surface area (Å²) in [7, 11) is 3.14. The number of H-pyrrole nitrogens is 1. The molecule has 0 radical (unpaired) electrons. The van der Waals surface area contributed by atoms with Crippen LogP contribution in [-0.2, 0) is 24.5 Å². The monoisotopic (exact) mass is 508 g/mol. The van der Waals surface area contributed by atoms with E-state index in [9.17, 15) is 18.0 Å². The Hall–Kier alpha value is -4.25. The van der Waals surface area contributed by atoms with Crippen LogP contribution in [0, 0.1) is 0 Å². The van der Waals surface area contributed by atoms with Crippen LogP contribution < -0.4 is 5.69 Å². The second-order valence-electron chi connectivity index (χ2n) is 8.67. The van der Waals surface area contributed by atoms with Crippen LogP contribution >= 0.6 is 0 Å².